The number of rotatable bonds is 9. The summed E-state index contributed by atoms with van der Waals surface area (Å²) in [6.45, 7) is 8.65. The van der Waals surface area contributed by atoms with Crippen LogP contribution in [0.1, 0.15) is 5.56 Å². The average molecular weight is 386 g/mol. The SMILES string of the molecule is C[Si](C)(C)CCOCn1ncc2c(ccn2COCc2ccccc2)c1=O. The lowest BCUT2D eigenvalue weighted by Gasteiger charge is -2.15. The van der Waals surface area contributed by atoms with Gasteiger partial charge >= 0.3 is 0 Å². The van der Waals surface area contributed by atoms with E-state index in [1.54, 1.807) is 6.20 Å². The third-order valence-corrected chi connectivity index (χ3v) is 6.05. The van der Waals surface area contributed by atoms with Gasteiger partial charge in [0.25, 0.3) is 5.56 Å². The second kappa shape index (κ2) is 8.64. The molecule has 0 unspecified atom stereocenters. The lowest BCUT2D eigenvalue weighted by molar-refractivity contribution is 0.0665. The highest BCUT2D eigenvalue weighted by atomic mass is 28.3. The van der Waals surface area contributed by atoms with Crippen molar-refractivity contribution in [2.75, 3.05) is 6.61 Å². The van der Waals surface area contributed by atoms with Crippen LogP contribution in [0.2, 0.25) is 25.7 Å². The number of nitrogens with zero attached hydrogens (tertiary/aromatic N) is 3. The molecule has 0 fully saturated rings. The molecule has 0 radical (unpaired) electrons. The Morgan fingerprint density at radius 3 is 2.56 bits per heavy atom. The van der Waals surface area contributed by atoms with E-state index in [1.165, 1.54) is 4.68 Å². The van der Waals surface area contributed by atoms with E-state index in [2.05, 4.69) is 24.7 Å². The van der Waals surface area contributed by atoms with Gasteiger partial charge in [0.2, 0.25) is 0 Å². The Labute approximate surface area is 160 Å². The van der Waals surface area contributed by atoms with Gasteiger partial charge in [-0.25, -0.2) is 4.68 Å². The summed E-state index contributed by atoms with van der Waals surface area (Å²) < 4.78 is 14.7. The van der Waals surface area contributed by atoms with Gasteiger partial charge in [-0.1, -0.05) is 50.0 Å². The van der Waals surface area contributed by atoms with Crippen molar-refractivity contribution in [2.24, 2.45) is 0 Å². The van der Waals surface area contributed by atoms with Gasteiger partial charge < -0.3 is 14.0 Å². The summed E-state index contributed by atoms with van der Waals surface area (Å²) in [5, 5.41) is 4.88. The van der Waals surface area contributed by atoms with Crippen LogP contribution >= 0.6 is 0 Å². The van der Waals surface area contributed by atoms with Gasteiger partial charge in [-0.2, -0.15) is 5.10 Å². The molecule has 0 N–H and O–H groups in total. The molecular formula is C20H27N3O3Si. The fourth-order valence-corrected chi connectivity index (χ4v) is 3.45. The number of fused-ring (bicyclic) bond motifs is 1. The summed E-state index contributed by atoms with van der Waals surface area (Å²) in [4.78, 5) is 12.6. The lowest BCUT2D eigenvalue weighted by Crippen LogP contribution is -2.26. The zero-order valence-electron chi connectivity index (χ0n) is 16.2. The first-order chi connectivity index (χ1) is 12.9. The maximum atomic E-state index is 12.6. The van der Waals surface area contributed by atoms with Crippen LogP contribution in [0.5, 0.6) is 0 Å². The van der Waals surface area contributed by atoms with Crippen molar-refractivity contribution in [3.8, 4) is 0 Å². The molecule has 1 aromatic carbocycles. The third-order valence-electron chi connectivity index (χ3n) is 4.34. The highest BCUT2D eigenvalue weighted by molar-refractivity contribution is 6.76. The fourth-order valence-electron chi connectivity index (χ4n) is 2.70. The molecule has 0 aliphatic heterocycles. The smallest absolute Gasteiger partial charge is 0.278 e. The highest BCUT2D eigenvalue weighted by Crippen LogP contribution is 2.12. The minimum absolute atomic E-state index is 0.137. The van der Waals surface area contributed by atoms with Crippen LogP contribution in [-0.2, 0) is 29.5 Å². The molecule has 0 bridgehead atoms. The normalized spacial score (nSPS) is 12.0. The molecule has 3 aromatic rings. The van der Waals surface area contributed by atoms with Crippen molar-refractivity contribution in [1.82, 2.24) is 14.3 Å². The van der Waals surface area contributed by atoms with Crippen LogP contribution in [0.4, 0.5) is 0 Å². The van der Waals surface area contributed by atoms with E-state index in [0.29, 0.717) is 25.3 Å². The van der Waals surface area contributed by atoms with E-state index in [-0.39, 0.29) is 12.3 Å². The van der Waals surface area contributed by atoms with Crippen LogP contribution in [0.15, 0.2) is 53.6 Å². The van der Waals surface area contributed by atoms with Gasteiger partial charge in [-0.15, -0.1) is 0 Å². The molecular weight excluding hydrogens is 358 g/mol. The summed E-state index contributed by atoms with van der Waals surface area (Å²) in [5.41, 5.74) is 1.75. The van der Waals surface area contributed by atoms with Crippen molar-refractivity contribution in [3.05, 3.63) is 64.7 Å². The number of ether oxygens (including phenoxy) is 2. The molecule has 144 valence electrons. The molecule has 0 amide bonds. The number of aromatic nitrogens is 3. The predicted molar refractivity (Wildman–Crippen MR) is 109 cm³/mol. The lowest BCUT2D eigenvalue weighted by atomic mass is 10.2. The molecule has 0 saturated heterocycles. The molecule has 0 aliphatic carbocycles. The predicted octanol–water partition coefficient (Wildman–Crippen LogP) is 3.68. The Bertz CT molecular complexity index is 929. The maximum absolute atomic E-state index is 12.6. The summed E-state index contributed by atoms with van der Waals surface area (Å²) >= 11 is 0. The number of hydrogen-bond donors (Lipinski definition) is 0. The molecule has 6 nitrogen and oxygen atoms in total. The molecule has 0 spiro atoms. The van der Waals surface area contributed by atoms with E-state index in [1.807, 2.05) is 47.2 Å². The zero-order chi connectivity index (χ0) is 19.3. The van der Waals surface area contributed by atoms with Crippen LogP contribution in [0.25, 0.3) is 10.9 Å². The standard InChI is InChI=1S/C20H27N3O3Si/c1-27(2,3)12-11-25-16-23-20(24)18-9-10-22(19(18)13-21-23)15-26-14-17-7-5-4-6-8-17/h4-10,13H,11-12,14-16H2,1-3H3. The first-order valence-corrected chi connectivity index (χ1v) is 12.9. The number of hydrogen-bond acceptors (Lipinski definition) is 4. The first kappa shape index (κ1) is 19.5. The molecule has 7 heteroatoms. The van der Waals surface area contributed by atoms with E-state index >= 15 is 0 Å². The van der Waals surface area contributed by atoms with E-state index in [4.69, 9.17) is 9.47 Å². The zero-order valence-corrected chi connectivity index (χ0v) is 17.2. The molecule has 0 atom stereocenters. The van der Waals surface area contributed by atoms with Crippen molar-refractivity contribution >= 4 is 19.0 Å². The van der Waals surface area contributed by atoms with Gasteiger partial charge in [-0.05, 0) is 17.7 Å². The summed E-state index contributed by atoms with van der Waals surface area (Å²) in [5.74, 6) is 0. The van der Waals surface area contributed by atoms with Gasteiger partial charge in [0, 0.05) is 20.9 Å². The van der Waals surface area contributed by atoms with E-state index in [0.717, 1.165) is 17.1 Å². The topological polar surface area (TPSA) is 58.3 Å². The van der Waals surface area contributed by atoms with Crippen molar-refractivity contribution < 1.29 is 9.47 Å². The van der Waals surface area contributed by atoms with Crippen LogP contribution in [0, 0.1) is 0 Å². The molecule has 0 aliphatic rings. The quantitative estimate of drug-likeness (QED) is 0.416. The summed E-state index contributed by atoms with van der Waals surface area (Å²) in [7, 11) is -1.14. The summed E-state index contributed by atoms with van der Waals surface area (Å²) in [6, 6.07) is 12.9. The second-order valence-corrected chi connectivity index (χ2v) is 13.5. The Kier molecular flexibility index (Phi) is 6.25. The Hall–Kier alpha value is -2.22. The van der Waals surface area contributed by atoms with Crippen LogP contribution < -0.4 is 5.56 Å². The second-order valence-electron chi connectivity index (χ2n) is 7.84. The maximum Gasteiger partial charge on any atom is 0.278 e. The third kappa shape index (κ3) is 5.38. The van der Waals surface area contributed by atoms with Crippen molar-refractivity contribution in [1.29, 1.82) is 0 Å². The van der Waals surface area contributed by atoms with Crippen LogP contribution in [-0.4, -0.2) is 29.0 Å². The van der Waals surface area contributed by atoms with Crippen molar-refractivity contribution in [3.63, 3.8) is 0 Å². The monoisotopic (exact) mass is 385 g/mol. The highest BCUT2D eigenvalue weighted by Gasteiger charge is 2.13. The van der Waals surface area contributed by atoms with Crippen molar-refractivity contribution in [2.45, 2.75) is 45.8 Å². The Balaban J connectivity index is 1.61. The van der Waals surface area contributed by atoms with Crippen LogP contribution in [0.3, 0.4) is 0 Å². The van der Waals surface area contributed by atoms with Gasteiger partial charge in [0.05, 0.1) is 23.7 Å². The number of benzene rings is 1. The van der Waals surface area contributed by atoms with Gasteiger partial charge in [0.15, 0.2) is 0 Å². The molecule has 2 heterocycles. The molecule has 0 saturated carbocycles. The average Bonchev–Trinajstić information content (AvgIpc) is 3.04. The first-order valence-electron chi connectivity index (χ1n) is 9.18. The fraction of sp³-hybridized carbons (Fsp3) is 0.400. The minimum Gasteiger partial charge on any atom is -0.359 e. The minimum atomic E-state index is -1.14. The van der Waals surface area contributed by atoms with Gasteiger partial charge in [0.1, 0.15) is 13.5 Å². The molecule has 3 rings (SSSR count). The van der Waals surface area contributed by atoms with E-state index < -0.39 is 8.07 Å². The largest absolute Gasteiger partial charge is 0.359 e. The molecule has 2 aromatic heterocycles. The molecule has 27 heavy (non-hydrogen) atoms. The Morgan fingerprint density at radius 1 is 1.04 bits per heavy atom. The summed E-state index contributed by atoms with van der Waals surface area (Å²) in [6.07, 6.45) is 3.56. The van der Waals surface area contributed by atoms with E-state index in [9.17, 15) is 4.79 Å². The van der Waals surface area contributed by atoms with Gasteiger partial charge in [-0.3, -0.25) is 4.79 Å². The Morgan fingerprint density at radius 2 is 1.81 bits per heavy atom.